The first-order valence-electron chi connectivity index (χ1n) is 4.37. The molecule has 0 bridgehead atoms. The van der Waals surface area contributed by atoms with Crippen LogP contribution in [0.2, 0.25) is 0 Å². The minimum Gasteiger partial charge on any atom is -0.0582 e. The first kappa shape index (κ1) is 7.30. The second-order valence-corrected chi connectivity index (χ2v) is 3.22. The van der Waals surface area contributed by atoms with Crippen molar-refractivity contribution in [3.05, 3.63) is 34.3 Å². The third-order valence-corrected chi connectivity index (χ3v) is 2.48. The maximum Gasteiger partial charge on any atom is 0.388 e. The molecule has 0 saturated heterocycles. The van der Waals surface area contributed by atoms with Crippen LogP contribution in [0.1, 0.15) is 24.0 Å². The lowest BCUT2D eigenvalue weighted by Gasteiger charge is -2.11. The molecule has 2 heteroatoms. The van der Waals surface area contributed by atoms with Gasteiger partial charge in [0.05, 0.1) is 5.56 Å². The Morgan fingerprint density at radius 2 is 2.00 bits per heavy atom. The lowest BCUT2D eigenvalue weighted by molar-refractivity contribution is 0.687. The van der Waals surface area contributed by atoms with E-state index >= 15 is 0 Å². The van der Waals surface area contributed by atoms with Gasteiger partial charge in [-0.2, -0.15) is 0 Å². The Morgan fingerprint density at radius 1 is 1.17 bits per heavy atom. The minimum atomic E-state index is 0.757. The zero-order valence-corrected chi connectivity index (χ0v) is 6.95. The van der Waals surface area contributed by atoms with E-state index in [1.165, 1.54) is 24.0 Å². The van der Waals surface area contributed by atoms with Crippen LogP contribution in [0.15, 0.2) is 18.2 Å². The van der Waals surface area contributed by atoms with Gasteiger partial charge in [-0.3, -0.25) is 0 Å². The van der Waals surface area contributed by atoms with Crippen LogP contribution in [0, 0.1) is 5.39 Å². The van der Waals surface area contributed by atoms with Gasteiger partial charge < -0.3 is 0 Å². The molecular formula is C10H11N2+. The molecule has 2 rings (SSSR count). The molecule has 60 valence electrons. The monoisotopic (exact) mass is 159 g/mol. The van der Waals surface area contributed by atoms with Gasteiger partial charge in [-0.05, 0) is 31.2 Å². The third-order valence-electron chi connectivity index (χ3n) is 2.48. The molecule has 0 aromatic heterocycles. The summed E-state index contributed by atoms with van der Waals surface area (Å²) in [6, 6.07) is 5.95. The molecule has 0 saturated carbocycles. The van der Waals surface area contributed by atoms with E-state index in [2.05, 4.69) is 11.0 Å². The summed E-state index contributed by atoms with van der Waals surface area (Å²) in [5, 5.41) is 8.72. The van der Waals surface area contributed by atoms with E-state index in [1.807, 2.05) is 12.1 Å². The highest BCUT2D eigenvalue weighted by Crippen LogP contribution is 2.29. The van der Waals surface area contributed by atoms with Crippen molar-refractivity contribution in [3.63, 3.8) is 0 Å². The number of fused-ring (bicyclic) bond motifs is 1. The van der Waals surface area contributed by atoms with Crippen LogP contribution in [-0.4, -0.2) is 0 Å². The molecule has 1 aromatic rings. The van der Waals surface area contributed by atoms with E-state index in [0.29, 0.717) is 0 Å². The van der Waals surface area contributed by atoms with Crippen molar-refractivity contribution in [2.45, 2.75) is 25.7 Å². The van der Waals surface area contributed by atoms with Crippen LogP contribution in [0.4, 0.5) is 5.69 Å². The molecule has 1 aliphatic rings. The molecule has 0 spiro atoms. The summed E-state index contributed by atoms with van der Waals surface area (Å²) in [5.74, 6) is 0. The molecule has 1 aliphatic carbocycles. The van der Waals surface area contributed by atoms with Gasteiger partial charge in [0.15, 0.2) is 4.98 Å². The van der Waals surface area contributed by atoms with Crippen molar-refractivity contribution in [2.75, 3.05) is 0 Å². The van der Waals surface area contributed by atoms with Crippen molar-refractivity contribution in [2.24, 2.45) is 0 Å². The summed E-state index contributed by atoms with van der Waals surface area (Å²) in [4.78, 5) is 3.28. The van der Waals surface area contributed by atoms with E-state index in [-0.39, 0.29) is 0 Å². The van der Waals surface area contributed by atoms with Gasteiger partial charge in [-0.25, -0.2) is 0 Å². The summed E-state index contributed by atoms with van der Waals surface area (Å²) in [6.07, 6.45) is 4.69. The Kier molecular flexibility index (Phi) is 1.79. The number of aryl methyl sites for hydroxylation is 1. The number of hydrogen-bond acceptors (Lipinski definition) is 1. The Labute approximate surface area is 71.8 Å². The second-order valence-electron chi connectivity index (χ2n) is 3.22. The van der Waals surface area contributed by atoms with E-state index in [0.717, 1.165) is 18.5 Å². The molecular weight excluding hydrogens is 148 g/mol. The predicted octanol–water partition coefficient (Wildman–Crippen LogP) is 3.05. The fourth-order valence-electron chi connectivity index (χ4n) is 1.85. The smallest absolute Gasteiger partial charge is 0.0582 e. The molecule has 0 N–H and O–H groups in total. The number of benzene rings is 1. The summed E-state index contributed by atoms with van der Waals surface area (Å²) >= 11 is 0. The van der Waals surface area contributed by atoms with Crippen molar-refractivity contribution < 1.29 is 0 Å². The molecule has 12 heavy (non-hydrogen) atoms. The van der Waals surface area contributed by atoms with Crippen LogP contribution in [-0.2, 0) is 12.8 Å². The topological polar surface area (TPSA) is 28.1 Å². The van der Waals surface area contributed by atoms with E-state index in [9.17, 15) is 0 Å². The average molecular weight is 159 g/mol. The van der Waals surface area contributed by atoms with Gasteiger partial charge in [-0.1, -0.05) is 12.1 Å². The Hall–Kier alpha value is -1.36. The SMILES string of the molecule is N#[N+]c1cccc2c1CCCC2. The van der Waals surface area contributed by atoms with Gasteiger partial charge in [0.1, 0.15) is 0 Å². The van der Waals surface area contributed by atoms with Gasteiger partial charge in [-0.15, -0.1) is 0 Å². The number of hydrogen-bond donors (Lipinski definition) is 0. The van der Waals surface area contributed by atoms with Crippen LogP contribution >= 0.6 is 0 Å². The maximum atomic E-state index is 8.72. The quantitative estimate of drug-likeness (QED) is 0.535. The largest absolute Gasteiger partial charge is 0.388 e. The summed E-state index contributed by atoms with van der Waals surface area (Å²) in [7, 11) is 0. The second kappa shape index (κ2) is 2.94. The molecule has 1 aromatic carbocycles. The van der Waals surface area contributed by atoms with Crippen molar-refractivity contribution >= 4 is 5.69 Å². The summed E-state index contributed by atoms with van der Waals surface area (Å²) < 4.78 is 0. The Balaban J connectivity index is 2.53. The average Bonchev–Trinajstić information content (AvgIpc) is 2.17. The highest BCUT2D eigenvalue weighted by molar-refractivity contribution is 5.55. The van der Waals surface area contributed by atoms with Crippen molar-refractivity contribution in [1.29, 1.82) is 5.39 Å². The summed E-state index contributed by atoms with van der Waals surface area (Å²) in [5.41, 5.74) is 3.36. The van der Waals surface area contributed by atoms with Gasteiger partial charge in [0, 0.05) is 6.07 Å². The fourth-order valence-corrected chi connectivity index (χ4v) is 1.85. The number of diazo groups is 1. The maximum absolute atomic E-state index is 8.72. The zero-order chi connectivity index (χ0) is 8.39. The van der Waals surface area contributed by atoms with Crippen LogP contribution in [0.5, 0.6) is 0 Å². The molecule has 0 heterocycles. The van der Waals surface area contributed by atoms with Gasteiger partial charge in [0.25, 0.3) is 0 Å². The molecule has 0 atom stereocenters. The molecule has 0 unspecified atom stereocenters. The van der Waals surface area contributed by atoms with Gasteiger partial charge >= 0.3 is 5.69 Å². The highest BCUT2D eigenvalue weighted by atomic mass is 14.8. The normalized spacial score (nSPS) is 14.9. The lowest BCUT2D eigenvalue weighted by atomic mass is 9.91. The van der Waals surface area contributed by atoms with Crippen LogP contribution in [0.25, 0.3) is 4.98 Å². The van der Waals surface area contributed by atoms with E-state index in [1.54, 1.807) is 0 Å². The standard InChI is InChI=1S/C10H11N2/c11-12-10-7-3-5-8-4-1-2-6-9(8)10/h3,5,7H,1-2,4,6H2/q+1. The molecule has 0 aliphatic heterocycles. The zero-order valence-electron chi connectivity index (χ0n) is 6.95. The highest BCUT2D eigenvalue weighted by Gasteiger charge is 2.19. The Bertz CT molecular complexity index is 336. The number of nitrogens with zero attached hydrogens (tertiary/aromatic N) is 2. The molecule has 0 fully saturated rings. The van der Waals surface area contributed by atoms with Crippen molar-refractivity contribution in [3.8, 4) is 0 Å². The predicted molar refractivity (Wildman–Crippen MR) is 47.8 cm³/mol. The first-order chi connectivity index (χ1) is 5.92. The van der Waals surface area contributed by atoms with E-state index < -0.39 is 0 Å². The van der Waals surface area contributed by atoms with Crippen molar-refractivity contribution in [1.82, 2.24) is 0 Å². The molecule has 0 amide bonds. The van der Waals surface area contributed by atoms with Gasteiger partial charge in [0.2, 0.25) is 5.39 Å². The third kappa shape index (κ3) is 1.08. The molecule has 2 nitrogen and oxygen atoms in total. The van der Waals surface area contributed by atoms with Crippen LogP contribution in [0.3, 0.4) is 0 Å². The minimum absolute atomic E-state index is 0.757. The Morgan fingerprint density at radius 3 is 2.83 bits per heavy atom. The molecule has 0 radical (unpaired) electrons. The van der Waals surface area contributed by atoms with Crippen LogP contribution < -0.4 is 0 Å². The first-order valence-corrected chi connectivity index (χ1v) is 4.37. The number of rotatable bonds is 0. The lowest BCUT2D eigenvalue weighted by Crippen LogP contribution is -2.01. The fraction of sp³-hybridized carbons (Fsp3) is 0.400. The summed E-state index contributed by atoms with van der Waals surface area (Å²) in [6.45, 7) is 0. The van der Waals surface area contributed by atoms with E-state index in [4.69, 9.17) is 5.39 Å².